The van der Waals surface area contributed by atoms with Crippen LogP contribution < -0.4 is 10.1 Å². The van der Waals surface area contributed by atoms with Gasteiger partial charge in [0.15, 0.2) is 17.2 Å². The second-order valence-corrected chi connectivity index (χ2v) is 7.95. The minimum atomic E-state index is -0.782. The van der Waals surface area contributed by atoms with Crippen molar-refractivity contribution in [2.75, 3.05) is 7.11 Å². The largest absolute Gasteiger partial charge is 0.503 e. The summed E-state index contributed by atoms with van der Waals surface area (Å²) < 4.78 is 10.8. The smallest absolute Gasteiger partial charge is 0.328 e. The number of esters is 1. The third kappa shape index (κ3) is 5.96. The fraction of sp³-hybridized carbons (Fsp3) is 0.458. The zero-order valence-electron chi connectivity index (χ0n) is 18.0. The molecule has 7 heteroatoms. The predicted octanol–water partition coefficient (Wildman–Crippen LogP) is 3.65. The summed E-state index contributed by atoms with van der Waals surface area (Å²) in [4.78, 5) is 29.3. The van der Waals surface area contributed by atoms with Crippen molar-refractivity contribution in [3.8, 4) is 11.5 Å². The van der Waals surface area contributed by atoms with Crippen molar-refractivity contribution in [3.63, 3.8) is 0 Å². The van der Waals surface area contributed by atoms with Crippen molar-refractivity contribution in [3.05, 3.63) is 53.9 Å². The van der Waals surface area contributed by atoms with Gasteiger partial charge in [-0.3, -0.25) is 4.79 Å². The standard InChI is InChI=1S/C24H30N2O5/c1-16-18(13-12-17-8-4-3-5-9-17)10-6-7-11-19(24(29)31-16)26-23(28)21-22(27)20(30-2)14-15-25-21/h3-5,8-9,14-16,18-19,27H,6-7,10-13H2,1-2H3,(H,26,28)/t16-,18-,19-/m0/s1. The van der Waals surface area contributed by atoms with E-state index in [4.69, 9.17) is 9.47 Å². The normalized spacial score (nSPS) is 21.9. The number of hydrogen-bond donors (Lipinski definition) is 2. The quantitative estimate of drug-likeness (QED) is 0.685. The number of aromatic nitrogens is 1. The van der Waals surface area contributed by atoms with Crippen LogP contribution in [0.3, 0.4) is 0 Å². The van der Waals surface area contributed by atoms with Gasteiger partial charge in [-0.2, -0.15) is 0 Å². The molecule has 166 valence electrons. The first-order chi connectivity index (χ1) is 15.0. The van der Waals surface area contributed by atoms with Crippen molar-refractivity contribution in [2.45, 2.75) is 57.6 Å². The molecule has 1 fully saturated rings. The van der Waals surface area contributed by atoms with E-state index in [-0.39, 0.29) is 29.2 Å². The van der Waals surface area contributed by atoms with Crippen LogP contribution in [0, 0.1) is 5.92 Å². The molecule has 0 aliphatic carbocycles. The van der Waals surface area contributed by atoms with Gasteiger partial charge in [0.1, 0.15) is 12.1 Å². The Morgan fingerprint density at radius 1 is 1.23 bits per heavy atom. The van der Waals surface area contributed by atoms with Crippen molar-refractivity contribution >= 4 is 11.9 Å². The van der Waals surface area contributed by atoms with Crippen LogP contribution in [0.4, 0.5) is 0 Å². The molecule has 0 radical (unpaired) electrons. The highest BCUT2D eigenvalue weighted by atomic mass is 16.5. The topological polar surface area (TPSA) is 97.8 Å². The highest BCUT2D eigenvalue weighted by Crippen LogP contribution is 2.28. The lowest BCUT2D eigenvalue weighted by Crippen LogP contribution is -2.43. The Morgan fingerprint density at radius 3 is 2.71 bits per heavy atom. The van der Waals surface area contributed by atoms with Crippen LogP contribution >= 0.6 is 0 Å². The van der Waals surface area contributed by atoms with Gasteiger partial charge in [0, 0.05) is 12.3 Å². The van der Waals surface area contributed by atoms with E-state index in [1.807, 2.05) is 25.1 Å². The number of pyridine rings is 1. The van der Waals surface area contributed by atoms with E-state index >= 15 is 0 Å². The number of carbonyl (C=O) groups is 2. The summed E-state index contributed by atoms with van der Waals surface area (Å²) >= 11 is 0. The minimum absolute atomic E-state index is 0.145. The highest BCUT2D eigenvalue weighted by Gasteiger charge is 2.30. The number of ether oxygens (including phenoxy) is 2. The number of carbonyl (C=O) groups excluding carboxylic acids is 2. The fourth-order valence-corrected chi connectivity index (χ4v) is 3.97. The molecular weight excluding hydrogens is 396 g/mol. The number of aromatic hydroxyl groups is 1. The zero-order chi connectivity index (χ0) is 22.2. The molecule has 1 saturated heterocycles. The number of hydrogen-bond acceptors (Lipinski definition) is 6. The summed E-state index contributed by atoms with van der Waals surface area (Å²) in [7, 11) is 1.39. The molecule has 0 bridgehead atoms. The third-order valence-corrected chi connectivity index (χ3v) is 5.84. The molecule has 3 atom stereocenters. The lowest BCUT2D eigenvalue weighted by molar-refractivity contribution is -0.153. The molecule has 2 aromatic rings. The molecule has 1 aromatic carbocycles. The van der Waals surface area contributed by atoms with Gasteiger partial charge in [-0.1, -0.05) is 43.2 Å². The van der Waals surface area contributed by atoms with Crippen LogP contribution in [-0.2, 0) is 16.0 Å². The van der Waals surface area contributed by atoms with Gasteiger partial charge >= 0.3 is 5.97 Å². The number of methoxy groups -OCH3 is 1. The van der Waals surface area contributed by atoms with Crippen LogP contribution in [0.25, 0.3) is 0 Å². The van der Waals surface area contributed by atoms with Crippen LogP contribution in [0.1, 0.15) is 55.1 Å². The Hall–Kier alpha value is -3.09. The summed E-state index contributed by atoms with van der Waals surface area (Å²) in [6, 6.07) is 11.0. The van der Waals surface area contributed by atoms with Crippen molar-refractivity contribution < 1.29 is 24.2 Å². The predicted molar refractivity (Wildman–Crippen MR) is 116 cm³/mol. The minimum Gasteiger partial charge on any atom is -0.503 e. The van der Waals surface area contributed by atoms with Crippen LogP contribution in [-0.4, -0.2) is 41.2 Å². The Labute approximate surface area is 182 Å². The van der Waals surface area contributed by atoms with Gasteiger partial charge in [0.05, 0.1) is 7.11 Å². The molecule has 2 N–H and O–H groups in total. The molecule has 7 nitrogen and oxygen atoms in total. The molecule has 0 unspecified atom stereocenters. The Morgan fingerprint density at radius 2 is 1.97 bits per heavy atom. The second kappa shape index (κ2) is 10.8. The summed E-state index contributed by atoms with van der Waals surface area (Å²) in [6.07, 6.45) is 6.21. The number of nitrogens with one attached hydrogen (secondary N) is 1. The van der Waals surface area contributed by atoms with E-state index in [9.17, 15) is 14.7 Å². The van der Waals surface area contributed by atoms with E-state index in [2.05, 4.69) is 22.4 Å². The van der Waals surface area contributed by atoms with Gasteiger partial charge in [0.2, 0.25) is 0 Å². The maximum absolute atomic E-state index is 12.8. The fourth-order valence-electron chi connectivity index (χ4n) is 3.97. The molecule has 1 aromatic heterocycles. The van der Waals surface area contributed by atoms with E-state index in [0.717, 1.165) is 32.1 Å². The average Bonchev–Trinajstić information content (AvgIpc) is 2.83. The Kier molecular flexibility index (Phi) is 7.87. The maximum Gasteiger partial charge on any atom is 0.328 e. The molecule has 2 heterocycles. The summed E-state index contributed by atoms with van der Waals surface area (Å²) in [5.74, 6) is -1.02. The van der Waals surface area contributed by atoms with Crippen LogP contribution in [0.15, 0.2) is 42.6 Å². The number of cyclic esters (lactones) is 1. The second-order valence-electron chi connectivity index (χ2n) is 7.95. The molecule has 1 aliphatic heterocycles. The number of rotatable bonds is 6. The van der Waals surface area contributed by atoms with Crippen molar-refractivity contribution in [1.82, 2.24) is 10.3 Å². The van der Waals surface area contributed by atoms with Gasteiger partial charge in [-0.25, -0.2) is 9.78 Å². The van der Waals surface area contributed by atoms with Gasteiger partial charge in [-0.05, 0) is 44.1 Å². The van der Waals surface area contributed by atoms with Crippen molar-refractivity contribution in [2.24, 2.45) is 5.92 Å². The Bertz CT molecular complexity index is 887. The first-order valence-corrected chi connectivity index (χ1v) is 10.8. The molecule has 31 heavy (non-hydrogen) atoms. The van der Waals surface area contributed by atoms with Gasteiger partial charge in [0.25, 0.3) is 5.91 Å². The van der Waals surface area contributed by atoms with Crippen LogP contribution in [0.2, 0.25) is 0 Å². The Balaban J connectivity index is 1.63. The van der Waals surface area contributed by atoms with Gasteiger partial charge < -0.3 is 19.9 Å². The maximum atomic E-state index is 12.8. The lowest BCUT2D eigenvalue weighted by Gasteiger charge is -2.24. The van der Waals surface area contributed by atoms with E-state index < -0.39 is 17.9 Å². The summed E-state index contributed by atoms with van der Waals surface area (Å²) in [5.41, 5.74) is 1.09. The molecular formula is C24H30N2O5. The lowest BCUT2D eigenvalue weighted by atomic mass is 9.90. The van der Waals surface area contributed by atoms with E-state index in [1.165, 1.54) is 24.9 Å². The van der Waals surface area contributed by atoms with Crippen molar-refractivity contribution in [1.29, 1.82) is 0 Å². The average molecular weight is 427 g/mol. The number of nitrogens with zero attached hydrogens (tertiary/aromatic N) is 1. The zero-order valence-corrected chi connectivity index (χ0v) is 18.0. The molecule has 1 aliphatic rings. The first-order valence-electron chi connectivity index (χ1n) is 10.8. The molecule has 3 rings (SSSR count). The van der Waals surface area contributed by atoms with E-state index in [1.54, 1.807) is 0 Å². The number of amides is 1. The molecule has 1 amide bonds. The summed E-state index contributed by atoms with van der Waals surface area (Å²) in [6.45, 7) is 1.92. The van der Waals surface area contributed by atoms with E-state index in [0.29, 0.717) is 6.42 Å². The molecule has 0 saturated carbocycles. The number of benzene rings is 1. The molecule has 0 spiro atoms. The monoisotopic (exact) mass is 426 g/mol. The SMILES string of the molecule is COc1ccnc(C(=O)N[C@H]2CCCC[C@@H](CCc3ccccc3)[C@H](C)OC2=O)c1O. The van der Waals surface area contributed by atoms with Gasteiger partial charge in [-0.15, -0.1) is 0 Å². The number of aryl methyl sites for hydroxylation is 1. The third-order valence-electron chi connectivity index (χ3n) is 5.84. The first kappa shape index (κ1) is 22.6. The summed E-state index contributed by atoms with van der Waals surface area (Å²) in [5, 5.41) is 12.8. The van der Waals surface area contributed by atoms with Crippen LogP contribution in [0.5, 0.6) is 11.5 Å². The highest BCUT2D eigenvalue weighted by molar-refractivity contribution is 5.97.